The molecule has 1 amide bonds. The third kappa shape index (κ3) is 4.86. The van der Waals surface area contributed by atoms with Crippen LogP contribution in [0.1, 0.15) is 33.0 Å². The van der Waals surface area contributed by atoms with E-state index in [-0.39, 0.29) is 5.91 Å². The van der Waals surface area contributed by atoms with E-state index in [0.29, 0.717) is 36.8 Å². The SMILES string of the molecule is COc1cccc(Cc2c(C)nc(C)nc2N2CCN(C(=O)c3cccc(Cl)c3)CC2)c1. The van der Waals surface area contributed by atoms with Gasteiger partial charge in [-0.15, -0.1) is 0 Å². The summed E-state index contributed by atoms with van der Waals surface area (Å²) < 4.78 is 5.38. The van der Waals surface area contributed by atoms with Gasteiger partial charge in [-0.2, -0.15) is 0 Å². The van der Waals surface area contributed by atoms with Crippen LogP contribution in [0.2, 0.25) is 5.02 Å². The minimum absolute atomic E-state index is 0.0128. The Hall–Kier alpha value is -3.12. The van der Waals surface area contributed by atoms with Crippen molar-refractivity contribution < 1.29 is 9.53 Å². The van der Waals surface area contributed by atoms with Crippen molar-refractivity contribution in [2.75, 3.05) is 38.2 Å². The lowest BCUT2D eigenvalue weighted by Gasteiger charge is -2.36. The van der Waals surface area contributed by atoms with E-state index >= 15 is 0 Å². The van der Waals surface area contributed by atoms with Gasteiger partial charge in [-0.3, -0.25) is 4.79 Å². The first-order valence-corrected chi connectivity index (χ1v) is 11.1. The summed E-state index contributed by atoms with van der Waals surface area (Å²) in [6.45, 7) is 6.65. The van der Waals surface area contributed by atoms with Crippen molar-refractivity contribution in [2.24, 2.45) is 0 Å². The van der Waals surface area contributed by atoms with Gasteiger partial charge in [-0.25, -0.2) is 9.97 Å². The third-order valence-corrected chi connectivity index (χ3v) is 5.99. The maximum atomic E-state index is 12.9. The van der Waals surface area contributed by atoms with Gasteiger partial charge in [0.2, 0.25) is 0 Å². The molecule has 1 fully saturated rings. The predicted octanol–water partition coefficient (Wildman–Crippen LogP) is 4.31. The van der Waals surface area contributed by atoms with E-state index < -0.39 is 0 Å². The molecule has 1 aromatic heterocycles. The van der Waals surface area contributed by atoms with Gasteiger partial charge in [0.25, 0.3) is 5.91 Å². The summed E-state index contributed by atoms with van der Waals surface area (Å²) in [5, 5.41) is 0.573. The van der Waals surface area contributed by atoms with Gasteiger partial charge in [0.1, 0.15) is 17.4 Å². The fourth-order valence-electron chi connectivity index (χ4n) is 4.10. The van der Waals surface area contributed by atoms with E-state index in [9.17, 15) is 4.79 Å². The molecule has 0 saturated carbocycles. The molecule has 166 valence electrons. The Balaban J connectivity index is 1.53. The van der Waals surface area contributed by atoms with Gasteiger partial charge in [-0.05, 0) is 49.7 Å². The molecular formula is C25H27ClN4O2. The van der Waals surface area contributed by atoms with Crippen LogP contribution in [-0.4, -0.2) is 54.1 Å². The highest BCUT2D eigenvalue weighted by atomic mass is 35.5. The molecule has 0 N–H and O–H groups in total. The van der Waals surface area contributed by atoms with Crippen molar-refractivity contribution in [2.45, 2.75) is 20.3 Å². The van der Waals surface area contributed by atoms with Gasteiger partial charge in [0, 0.05) is 54.4 Å². The second-order valence-electron chi connectivity index (χ2n) is 7.98. The van der Waals surface area contributed by atoms with Crippen LogP contribution in [0.5, 0.6) is 5.75 Å². The smallest absolute Gasteiger partial charge is 0.254 e. The Labute approximate surface area is 193 Å². The zero-order valence-corrected chi connectivity index (χ0v) is 19.4. The number of carbonyl (C=O) groups excluding carboxylic acids is 1. The van der Waals surface area contributed by atoms with Crippen molar-refractivity contribution in [1.82, 2.24) is 14.9 Å². The van der Waals surface area contributed by atoms with Gasteiger partial charge in [0.15, 0.2) is 0 Å². The zero-order chi connectivity index (χ0) is 22.7. The minimum atomic E-state index is 0.0128. The standard InChI is InChI=1S/C25H27ClN4O2/c1-17-23(15-19-6-4-9-22(14-19)32-3)24(28-18(2)27-17)29-10-12-30(13-11-29)25(31)20-7-5-8-21(26)16-20/h4-9,14,16H,10-13,15H2,1-3H3. The molecule has 2 aromatic carbocycles. The fourth-order valence-corrected chi connectivity index (χ4v) is 4.29. The number of amides is 1. The van der Waals surface area contributed by atoms with E-state index in [4.69, 9.17) is 21.3 Å². The van der Waals surface area contributed by atoms with Crippen LogP contribution in [0.15, 0.2) is 48.5 Å². The lowest BCUT2D eigenvalue weighted by atomic mass is 10.0. The average molecular weight is 451 g/mol. The molecule has 0 unspecified atom stereocenters. The number of aryl methyl sites for hydroxylation is 2. The average Bonchev–Trinajstić information content (AvgIpc) is 2.80. The largest absolute Gasteiger partial charge is 0.497 e. The lowest BCUT2D eigenvalue weighted by molar-refractivity contribution is 0.0746. The van der Waals surface area contributed by atoms with E-state index in [2.05, 4.69) is 16.0 Å². The van der Waals surface area contributed by atoms with Gasteiger partial charge in [-0.1, -0.05) is 29.8 Å². The van der Waals surface area contributed by atoms with Crippen LogP contribution in [0.3, 0.4) is 0 Å². The Kier molecular flexibility index (Phi) is 6.61. The molecule has 3 aromatic rings. The number of carbonyl (C=O) groups is 1. The van der Waals surface area contributed by atoms with Gasteiger partial charge in [0.05, 0.1) is 7.11 Å². The highest BCUT2D eigenvalue weighted by Gasteiger charge is 2.25. The summed E-state index contributed by atoms with van der Waals surface area (Å²) in [5.41, 5.74) is 3.86. The molecule has 0 aliphatic carbocycles. The first-order chi connectivity index (χ1) is 15.4. The number of hydrogen-bond donors (Lipinski definition) is 0. The van der Waals surface area contributed by atoms with Gasteiger partial charge >= 0.3 is 0 Å². The van der Waals surface area contributed by atoms with Crippen LogP contribution in [0.4, 0.5) is 5.82 Å². The molecule has 0 spiro atoms. The van der Waals surface area contributed by atoms with E-state index in [1.54, 1.807) is 19.2 Å². The number of nitrogens with zero attached hydrogens (tertiary/aromatic N) is 4. The maximum absolute atomic E-state index is 12.9. The Morgan fingerprint density at radius 3 is 2.50 bits per heavy atom. The van der Waals surface area contributed by atoms with Crippen LogP contribution in [0.25, 0.3) is 0 Å². The van der Waals surface area contributed by atoms with E-state index in [0.717, 1.165) is 40.6 Å². The monoisotopic (exact) mass is 450 g/mol. The summed E-state index contributed by atoms with van der Waals surface area (Å²) in [4.78, 5) is 26.4. The van der Waals surface area contributed by atoms with Crippen LogP contribution in [-0.2, 0) is 6.42 Å². The van der Waals surface area contributed by atoms with Crippen LogP contribution < -0.4 is 9.64 Å². The molecule has 4 rings (SSSR count). The van der Waals surface area contributed by atoms with Crippen molar-refractivity contribution in [1.29, 1.82) is 0 Å². The number of benzene rings is 2. The molecule has 2 heterocycles. The second-order valence-corrected chi connectivity index (χ2v) is 8.41. The molecular weight excluding hydrogens is 424 g/mol. The number of anilines is 1. The number of hydrogen-bond acceptors (Lipinski definition) is 5. The molecule has 0 bridgehead atoms. The van der Waals surface area contributed by atoms with E-state index in [1.807, 2.05) is 49.1 Å². The van der Waals surface area contributed by atoms with E-state index in [1.165, 1.54) is 0 Å². The Morgan fingerprint density at radius 2 is 1.78 bits per heavy atom. The van der Waals surface area contributed by atoms with Crippen molar-refractivity contribution in [3.05, 3.63) is 81.8 Å². The summed E-state index contributed by atoms with van der Waals surface area (Å²) in [5.74, 6) is 2.55. The molecule has 6 nitrogen and oxygen atoms in total. The second kappa shape index (κ2) is 9.57. The molecule has 32 heavy (non-hydrogen) atoms. The number of halogens is 1. The number of ether oxygens (including phenoxy) is 1. The molecule has 7 heteroatoms. The quantitative estimate of drug-likeness (QED) is 0.579. The zero-order valence-electron chi connectivity index (χ0n) is 18.6. The molecule has 1 aliphatic rings. The number of piperazine rings is 1. The highest BCUT2D eigenvalue weighted by Crippen LogP contribution is 2.26. The number of methoxy groups -OCH3 is 1. The summed E-state index contributed by atoms with van der Waals surface area (Å²) >= 11 is 6.06. The Bertz CT molecular complexity index is 1130. The van der Waals surface area contributed by atoms with Crippen LogP contribution >= 0.6 is 11.6 Å². The first-order valence-electron chi connectivity index (χ1n) is 10.7. The van der Waals surface area contributed by atoms with Gasteiger partial charge < -0.3 is 14.5 Å². The topological polar surface area (TPSA) is 58.6 Å². The number of rotatable bonds is 5. The predicted molar refractivity (Wildman–Crippen MR) is 127 cm³/mol. The molecule has 0 radical (unpaired) electrons. The summed E-state index contributed by atoms with van der Waals surface area (Å²) in [6, 6.07) is 15.2. The molecule has 1 aliphatic heterocycles. The van der Waals surface area contributed by atoms with Crippen molar-refractivity contribution >= 4 is 23.3 Å². The summed E-state index contributed by atoms with van der Waals surface area (Å²) in [6.07, 6.45) is 0.723. The summed E-state index contributed by atoms with van der Waals surface area (Å²) in [7, 11) is 1.68. The minimum Gasteiger partial charge on any atom is -0.497 e. The maximum Gasteiger partial charge on any atom is 0.254 e. The highest BCUT2D eigenvalue weighted by molar-refractivity contribution is 6.30. The number of aromatic nitrogens is 2. The first kappa shape index (κ1) is 22.1. The third-order valence-electron chi connectivity index (χ3n) is 5.76. The van der Waals surface area contributed by atoms with Crippen LogP contribution in [0, 0.1) is 13.8 Å². The normalized spacial score (nSPS) is 13.9. The molecule has 1 saturated heterocycles. The fraction of sp³-hybridized carbons (Fsp3) is 0.320. The molecule has 0 atom stereocenters. The van der Waals surface area contributed by atoms with Crippen molar-refractivity contribution in [3.63, 3.8) is 0 Å². The Morgan fingerprint density at radius 1 is 1.03 bits per heavy atom. The lowest BCUT2D eigenvalue weighted by Crippen LogP contribution is -2.49. The van der Waals surface area contributed by atoms with Crippen molar-refractivity contribution in [3.8, 4) is 5.75 Å².